The van der Waals surface area contributed by atoms with Crippen LogP contribution in [0.4, 0.5) is 5.82 Å². The van der Waals surface area contributed by atoms with Gasteiger partial charge < -0.3 is 15.5 Å². The van der Waals surface area contributed by atoms with Crippen LogP contribution >= 0.6 is 0 Å². The van der Waals surface area contributed by atoms with Gasteiger partial charge >= 0.3 is 0 Å². The number of hydrogen-bond donors (Lipinski definition) is 2. The number of nitrogens with zero attached hydrogens (tertiary/aromatic N) is 2. The van der Waals surface area contributed by atoms with Gasteiger partial charge in [-0.25, -0.2) is 4.98 Å². The molecule has 0 saturated heterocycles. The van der Waals surface area contributed by atoms with Gasteiger partial charge in [-0.3, -0.25) is 4.79 Å². The van der Waals surface area contributed by atoms with Crippen LogP contribution in [0.15, 0.2) is 18.3 Å². The van der Waals surface area contributed by atoms with Crippen LogP contribution in [0.3, 0.4) is 0 Å². The lowest BCUT2D eigenvalue weighted by molar-refractivity contribution is 0.0947. The molecule has 1 aliphatic rings. The maximum Gasteiger partial charge on any atom is 0.252 e. The van der Waals surface area contributed by atoms with Gasteiger partial charge in [0.1, 0.15) is 5.82 Å². The molecule has 1 aliphatic carbocycles. The van der Waals surface area contributed by atoms with Crippen LogP contribution in [0.25, 0.3) is 0 Å². The molecule has 1 fully saturated rings. The highest BCUT2D eigenvalue weighted by atomic mass is 16.1. The van der Waals surface area contributed by atoms with E-state index < -0.39 is 0 Å². The molecule has 0 spiro atoms. The largest absolute Gasteiger partial charge is 0.373 e. The Morgan fingerprint density at radius 3 is 2.75 bits per heavy atom. The van der Waals surface area contributed by atoms with Gasteiger partial charge in [-0.05, 0) is 32.0 Å². The highest BCUT2D eigenvalue weighted by Gasteiger charge is 2.19. The topological polar surface area (TPSA) is 57.3 Å². The molecule has 1 saturated carbocycles. The minimum Gasteiger partial charge on any atom is -0.373 e. The average Bonchev–Trinajstić information content (AvgIpc) is 3.01. The number of pyridine rings is 1. The molecule has 20 heavy (non-hydrogen) atoms. The van der Waals surface area contributed by atoms with Crippen LogP contribution in [0.5, 0.6) is 0 Å². The Bertz CT molecular complexity index is 426. The lowest BCUT2D eigenvalue weighted by Crippen LogP contribution is -2.37. The Kier molecular flexibility index (Phi) is 5.35. The number of rotatable bonds is 6. The van der Waals surface area contributed by atoms with Crippen molar-refractivity contribution >= 4 is 11.7 Å². The highest BCUT2D eigenvalue weighted by molar-refractivity contribution is 5.94. The maximum absolute atomic E-state index is 12.0. The van der Waals surface area contributed by atoms with E-state index in [1.165, 1.54) is 25.7 Å². The summed E-state index contributed by atoms with van der Waals surface area (Å²) < 4.78 is 0. The molecule has 2 rings (SSSR count). The van der Waals surface area contributed by atoms with Gasteiger partial charge in [0.05, 0.1) is 5.56 Å². The van der Waals surface area contributed by atoms with Crippen molar-refractivity contribution in [2.45, 2.75) is 31.7 Å². The first-order valence-corrected chi connectivity index (χ1v) is 7.33. The second kappa shape index (κ2) is 7.24. The van der Waals surface area contributed by atoms with Crippen LogP contribution in [0, 0.1) is 0 Å². The predicted molar refractivity (Wildman–Crippen MR) is 81.0 cm³/mol. The van der Waals surface area contributed by atoms with Gasteiger partial charge in [-0.1, -0.05) is 12.8 Å². The molecule has 5 heteroatoms. The van der Waals surface area contributed by atoms with Crippen LogP contribution < -0.4 is 10.6 Å². The van der Waals surface area contributed by atoms with Crippen molar-refractivity contribution in [2.75, 3.05) is 32.5 Å². The van der Waals surface area contributed by atoms with E-state index in [-0.39, 0.29) is 5.91 Å². The van der Waals surface area contributed by atoms with Crippen molar-refractivity contribution in [3.63, 3.8) is 0 Å². The predicted octanol–water partition coefficient (Wildman–Crippen LogP) is 1.73. The van der Waals surface area contributed by atoms with Gasteiger partial charge in [0.2, 0.25) is 0 Å². The van der Waals surface area contributed by atoms with E-state index in [0.717, 1.165) is 12.4 Å². The van der Waals surface area contributed by atoms with Crippen molar-refractivity contribution < 1.29 is 4.79 Å². The molecule has 1 aromatic heterocycles. The lowest BCUT2D eigenvalue weighted by Gasteiger charge is -2.23. The van der Waals surface area contributed by atoms with Crippen molar-refractivity contribution in [2.24, 2.45) is 0 Å². The Balaban J connectivity index is 1.73. The van der Waals surface area contributed by atoms with E-state index in [2.05, 4.69) is 27.6 Å². The van der Waals surface area contributed by atoms with E-state index in [4.69, 9.17) is 0 Å². The SMILES string of the molecule is CNc1ccc(C(=O)NCCN(C)C2CCCC2)cn1. The molecule has 1 aromatic rings. The fraction of sp³-hybridized carbons (Fsp3) is 0.600. The zero-order chi connectivity index (χ0) is 14.4. The molecular formula is C15H24N4O. The first-order chi connectivity index (χ1) is 9.70. The van der Waals surface area contributed by atoms with Gasteiger partial charge in [0.25, 0.3) is 5.91 Å². The molecule has 110 valence electrons. The van der Waals surface area contributed by atoms with Crippen LogP contribution in [-0.2, 0) is 0 Å². The monoisotopic (exact) mass is 276 g/mol. The molecule has 2 N–H and O–H groups in total. The molecule has 0 aromatic carbocycles. The molecular weight excluding hydrogens is 252 g/mol. The van der Waals surface area contributed by atoms with Crippen molar-refractivity contribution in [3.05, 3.63) is 23.9 Å². The third-order valence-electron chi connectivity index (χ3n) is 3.98. The maximum atomic E-state index is 12.0. The van der Waals surface area contributed by atoms with E-state index in [1.807, 2.05) is 0 Å². The summed E-state index contributed by atoms with van der Waals surface area (Å²) in [5.41, 5.74) is 0.604. The second-order valence-electron chi connectivity index (χ2n) is 5.36. The Morgan fingerprint density at radius 1 is 1.40 bits per heavy atom. The van der Waals surface area contributed by atoms with Gasteiger partial charge in [0.15, 0.2) is 0 Å². The molecule has 1 heterocycles. The fourth-order valence-electron chi connectivity index (χ4n) is 2.65. The van der Waals surface area contributed by atoms with Crippen LogP contribution in [0.2, 0.25) is 0 Å². The molecule has 0 atom stereocenters. The summed E-state index contributed by atoms with van der Waals surface area (Å²) in [5.74, 6) is 0.711. The summed E-state index contributed by atoms with van der Waals surface area (Å²) in [7, 11) is 3.95. The number of aromatic nitrogens is 1. The van der Waals surface area contributed by atoms with E-state index in [1.54, 1.807) is 25.4 Å². The normalized spacial score (nSPS) is 15.6. The Hall–Kier alpha value is -1.62. The number of likely N-dealkylation sites (N-methyl/N-ethyl adjacent to an activating group) is 1. The summed E-state index contributed by atoms with van der Waals surface area (Å²) in [6.07, 6.45) is 6.86. The van der Waals surface area contributed by atoms with Crippen LogP contribution in [-0.4, -0.2) is 49.0 Å². The average molecular weight is 276 g/mol. The summed E-state index contributed by atoms with van der Waals surface area (Å²) in [5, 5.41) is 5.88. The first-order valence-electron chi connectivity index (χ1n) is 7.33. The first kappa shape index (κ1) is 14.8. The number of carbonyl (C=O) groups is 1. The Labute approximate surface area is 120 Å². The van der Waals surface area contributed by atoms with E-state index >= 15 is 0 Å². The summed E-state index contributed by atoms with van der Waals surface area (Å²) >= 11 is 0. The summed E-state index contributed by atoms with van der Waals surface area (Å²) in [6.45, 7) is 1.58. The van der Waals surface area contributed by atoms with E-state index in [0.29, 0.717) is 18.2 Å². The number of anilines is 1. The lowest BCUT2D eigenvalue weighted by atomic mass is 10.2. The number of carbonyl (C=O) groups excluding carboxylic acids is 1. The van der Waals surface area contributed by atoms with E-state index in [9.17, 15) is 4.79 Å². The van der Waals surface area contributed by atoms with Gasteiger partial charge in [-0.2, -0.15) is 0 Å². The van der Waals surface area contributed by atoms with Crippen LogP contribution in [0.1, 0.15) is 36.0 Å². The van der Waals surface area contributed by atoms with Crippen molar-refractivity contribution in [1.29, 1.82) is 0 Å². The number of amides is 1. The van der Waals surface area contributed by atoms with Crippen molar-refractivity contribution in [1.82, 2.24) is 15.2 Å². The molecule has 0 bridgehead atoms. The molecule has 0 aliphatic heterocycles. The zero-order valence-electron chi connectivity index (χ0n) is 12.4. The zero-order valence-corrected chi connectivity index (χ0v) is 12.4. The number of nitrogens with one attached hydrogen (secondary N) is 2. The third kappa shape index (κ3) is 3.93. The smallest absolute Gasteiger partial charge is 0.252 e. The standard InChI is InChI=1S/C15H24N4O/c1-16-14-8-7-12(11-18-14)15(20)17-9-10-19(2)13-5-3-4-6-13/h7-8,11,13H,3-6,9-10H2,1-2H3,(H,16,18)(H,17,20). The van der Waals surface area contributed by atoms with Gasteiger partial charge in [0, 0.05) is 32.4 Å². The highest BCUT2D eigenvalue weighted by Crippen LogP contribution is 2.21. The summed E-state index contributed by atoms with van der Waals surface area (Å²) in [4.78, 5) is 18.5. The Morgan fingerprint density at radius 2 is 2.15 bits per heavy atom. The number of hydrogen-bond acceptors (Lipinski definition) is 4. The molecule has 1 amide bonds. The summed E-state index contributed by atoms with van der Waals surface area (Å²) in [6, 6.07) is 4.29. The minimum atomic E-state index is -0.0556. The third-order valence-corrected chi connectivity index (χ3v) is 3.98. The molecule has 5 nitrogen and oxygen atoms in total. The quantitative estimate of drug-likeness (QED) is 0.831. The van der Waals surface area contributed by atoms with Crippen molar-refractivity contribution in [3.8, 4) is 0 Å². The van der Waals surface area contributed by atoms with Gasteiger partial charge in [-0.15, -0.1) is 0 Å². The minimum absolute atomic E-state index is 0.0556. The molecule has 0 radical (unpaired) electrons. The molecule has 0 unspecified atom stereocenters. The second-order valence-corrected chi connectivity index (χ2v) is 5.36. The fourth-order valence-corrected chi connectivity index (χ4v) is 2.65.